The van der Waals surface area contributed by atoms with E-state index in [1.807, 2.05) is 27.7 Å². The molecule has 0 aliphatic heterocycles. The summed E-state index contributed by atoms with van der Waals surface area (Å²) in [4.78, 5) is 4.16. The van der Waals surface area contributed by atoms with Crippen molar-refractivity contribution in [2.45, 2.75) is 32.4 Å². The van der Waals surface area contributed by atoms with E-state index in [-0.39, 0.29) is 4.75 Å². The summed E-state index contributed by atoms with van der Waals surface area (Å²) in [5, 5.41) is 0.805. The fourth-order valence-electron chi connectivity index (χ4n) is 0.722. The third-order valence-corrected chi connectivity index (χ3v) is 4.60. The second kappa shape index (κ2) is 4.84. The quantitative estimate of drug-likeness (QED) is 0.787. The molecule has 15 heavy (non-hydrogen) atoms. The van der Waals surface area contributed by atoms with Gasteiger partial charge in [-0.15, -0.1) is 11.3 Å². The Kier molecular flexibility index (Phi) is 4.20. The Morgan fingerprint density at radius 3 is 2.60 bits per heavy atom. The molecule has 0 amide bonds. The topological polar surface area (TPSA) is 42.3 Å². The molecule has 6 heteroatoms. The molecule has 1 atom stereocenters. The highest BCUT2D eigenvalue weighted by Gasteiger charge is 2.19. The van der Waals surface area contributed by atoms with Gasteiger partial charge in [0.2, 0.25) is 0 Å². The number of hydrogen-bond acceptors (Lipinski definition) is 3. The maximum Gasteiger partial charge on any atom is 0.145 e. The van der Waals surface area contributed by atoms with Crippen LogP contribution in [-0.4, -0.2) is 19.7 Å². The molecule has 1 aromatic heterocycles. The molecule has 0 saturated carbocycles. The molecule has 0 spiro atoms. The van der Waals surface area contributed by atoms with Crippen LogP contribution < -0.4 is 0 Å². The van der Waals surface area contributed by atoms with E-state index in [0.29, 0.717) is 0 Å². The van der Waals surface area contributed by atoms with Gasteiger partial charge in [-0.3, -0.25) is 0 Å². The first kappa shape index (κ1) is 13.0. The maximum absolute atomic E-state index is 11.7. The van der Waals surface area contributed by atoms with Crippen molar-refractivity contribution in [2.24, 2.45) is 4.40 Å². The zero-order chi connectivity index (χ0) is 11.6. The predicted molar refractivity (Wildman–Crippen MR) is 69.9 cm³/mol. The highest BCUT2D eigenvalue weighted by Crippen LogP contribution is 2.21. The zero-order valence-corrected chi connectivity index (χ0v) is 12.3. The Labute approximate surface area is 105 Å². The zero-order valence-electron chi connectivity index (χ0n) is 9.07. The molecule has 0 fully saturated rings. The van der Waals surface area contributed by atoms with E-state index in [4.69, 9.17) is 0 Å². The summed E-state index contributed by atoms with van der Waals surface area (Å²) in [6, 6.07) is 0. The van der Waals surface area contributed by atoms with Gasteiger partial charge >= 0.3 is 0 Å². The molecule has 1 aromatic rings. The summed E-state index contributed by atoms with van der Waals surface area (Å²) in [6.07, 6.45) is 1.72. The largest absolute Gasteiger partial charge is 0.242 e. The molecule has 1 heterocycles. The van der Waals surface area contributed by atoms with Crippen LogP contribution in [0.5, 0.6) is 0 Å². The van der Waals surface area contributed by atoms with Crippen LogP contribution in [0.1, 0.15) is 32.7 Å². The van der Waals surface area contributed by atoms with Gasteiger partial charge in [-0.05, 0) is 43.6 Å². The molecule has 0 N–H and O–H groups in total. The van der Waals surface area contributed by atoms with E-state index in [1.165, 1.54) is 11.3 Å². The number of nitrogens with zero attached hydrogens (tertiary/aromatic N) is 2. The van der Waals surface area contributed by atoms with Gasteiger partial charge < -0.3 is 0 Å². The molecule has 1 rings (SSSR count). The maximum atomic E-state index is 11.7. The number of halogens is 1. The normalized spacial score (nSPS) is 15.4. The van der Waals surface area contributed by atoms with Crippen molar-refractivity contribution in [1.29, 1.82) is 0 Å². The molecular weight excluding hydrogens is 296 g/mol. The lowest BCUT2D eigenvalue weighted by Gasteiger charge is -2.13. The summed E-state index contributed by atoms with van der Waals surface area (Å²) < 4.78 is 16.5. The smallest absolute Gasteiger partial charge is 0.145 e. The van der Waals surface area contributed by atoms with E-state index in [9.17, 15) is 4.21 Å². The molecule has 84 valence electrons. The van der Waals surface area contributed by atoms with E-state index < -0.39 is 11.0 Å². The van der Waals surface area contributed by atoms with Crippen LogP contribution in [0.15, 0.2) is 14.4 Å². The van der Waals surface area contributed by atoms with Crippen LogP contribution in [-0.2, 0) is 11.0 Å². The van der Waals surface area contributed by atoms with Crippen LogP contribution in [0.4, 0.5) is 0 Å². The molecule has 0 radical (unpaired) electrons. The summed E-state index contributed by atoms with van der Waals surface area (Å²) >= 11 is 4.82. The first-order valence-electron chi connectivity index (χ1n) is 4.39. The number of hydrogen-bond donors (Lipinski definition) is 0. The van der Waals surface area contributed by atoms with Crippen LogP contribution in [0.3, 0.4) is 0 Å². The van der Waals surface area contributed by atoms with Crippen molar-refractivity contribution >= 4 is 44.0 Å². The first-order chi connectivity index (χ1) is 6.80. The Hall–Kier alpha value is -0.0700. The predicted octanol–water partition coefficient (Wildman–Crippen LogP) is 3.18. The molecule has 0 aromatic carbocycles. The number of thiazole rings is 1. The monoisotopic (exact) mass is 308 g/mol. The van der Waals surface area contributed by atoms with E-state index in [2.05, 4.69) is 25.3 Å². The molecule has 0 aliphatic rings. The third-order valence-electron chi connectivity index (χ3n) is 1.53. The van der Waals surface area contributed by atoms with Gasteiger partial charge in [-0.25, -0.2) is 9.19 Å². The van der Waals surface area contributed by atoms with Crippen LogP contribution in [0.25, 0.3) is 0 Å². The Balaban J connectivity index is 2.90. The van der Waals surface area contributed by atoms with Crippen molar-refractivity contribution in [2.75, 3.05) is 0 Å². The van der Waals surface area contributed by atoms with Crippen molar-refractivity contribution in [3.8, 4) is 0 Å². The van der Waals surface area contributed by atoms with Gasteiger partial charge in [-0.2, -0.15) is 4.40 Å². The second-order valence-electron chi connectivity index (χ2n) is 4.01. The summed E-state index contributed by atoms with van der Waals surface area (Å²) in [5.74, 6) is 0. The molecule has 3 nitrogen and oxygen atoms in total. The van der Waals surface area contributed by atoms with E-state index in [0.717, 1.165) is 14.5 Å². The SMILES string of the molecule is C/C(=N/[S@@](=O)C(C)(C)C)c1ncc(Br)s1. The minimum absolute atomic E-state index is 0.324. The van der Waals surface area contributed by atoms with Gasteiger partial charge in [0.15, 0.2) is 0 Å². The lowest BCUT2D eigenvalue weighted by Crippen LogP contribution is -2.20. The second-order valence-corrected chi connectivity index (χ2v) is 8.32. The average Bonchev–Trinajstić information content (AvgIpc) is 2.50. The Bertz CT molecular complexity index is 406. The van der Waals surface area contributed by atoms with Gasteiger partial charge in [0, 0.05) is 0 Å². The molecule has 0 aliphatic carbocycles. The first-order valence-corrected chi connectivity index (χ1v) is 7.11. The lowest BCUT2D eigenvalue weighted by molar-refractivity contribution is 0.650. The molecule has 0 saturated heterocycles. The van der Waals surface area contributed by atoms with Gasteiger partial charge in [0.25, 0.3) is 0 Å². The van der Waals surface area contributed by atoms with Crippen LogP contribution >= 0.6 is 27.3 Å². The minimum atomic E-state index is -1.22. The lowest BCUT2D eigenvalue weighted by atomic mass is 10.3. The highest BCUT2D eigenvalue weighted by atomic mass is 79.9. The Morgan fingerprint density at radius 2 is 2.20 bits per heavy atom. The molecule has 0 bridgehead atoms. The number of aromatic nitrogens is 1. The molecule has 0 unspecified atom stereocenters. The summed E-state index contributed by atoms with van der Waals surface area (Å²) in [5.41, 5.74) is 0.721. The van der Waals surface area contributed by atoms with Crippen molar-refractivity contribution in [3.05, 3.63) is 15.0 Å². The fraction of sp³-hybridized carbons (Fsp3) is 0.556. The van der Waals surface area contributed by atoms with Gasteiger partial charge in [-0.1, -0.05) is 0 Å². The minimum Gasteiger partial charge on any atom is -0.242 e. The highest BCUT2D eigenvalue weighted by molar-refractivity contribution is 9.11. The van der Waals surface area contributed by atoms with E-state index in [1.54, 1.807) is 6.20 Å². The molecular formula is C9H13BrN2OS2. The van der Waals surface area contributed by atoms with E-state index >= 15 is 0 Å². The third kappa shape index (κ3) is 3.77. The Morgan fingerprint density at radius 1 is 1.60 bits per heavy atom. The summed E-state index contributed by atoms with van der Waals surface area (Å²) in [6.45, 7) is 7.53. The van der Waals surface area contributed by atoms with Gasteiger partial charge in [0.1, 0.15) is 16.0 Å². The fourth-order valence-corrected chi connectivity index (χ4v) is 2.54. The van der Waals surface area contributed by atoms with Gasteiger partial charge in [0.05, 0.1) is 20.4 Å². The number of rotatable bonds is 2. The van der Waals surface area contributed by atoms with Crippen LogP contribution in [0, 0.1) is 0 Å². The summed E-state index contributed by atoms with van der Waals surface area (Å²) in [7, 11) is -1.22. The van der Waals surface area contributed by atoms with Crippen molar-refractivity contribution in [1.82, 2.24) is 4.98 Å². The standard InChI is InChI=1S/C9H13BrN2OS2/c1-6(8-11-5-7(10)14-8)12-15(13)9(2,3)4/h5H,1-4H3/b12-6-/t15-/m0/s1. The van der Waals surface area contributed by atoms with Crippen molar-refractivity contribution in [3.63, 3.8) is 0 Å². The van der Waals surface area contributed by atoms with Crippen molar-refractivity contribution < 1.29 is 4.21 Å². The van der Waals surface area contributed by atoms with Crippen LogP contribution in [0.2, 0.25) is 0 Å². The average molecular weight is 309 g/mol.